The van der Waals surface area contributed by atoms with E-state index in [0.29, 0.717) is 15.1 Å². The van der Waals surface area contributed by atoms with Gasteiger partial charge in [-0.05, 0) is 24.3 Å². The van der Waals surface area contributed by atoms with E-state index in [1.54, 1.807) is 24.3 Å². The normalized spacial score (nSPS) is 12.5. The van der Waals surface area contributed by atoms with Crippen LogP contribution in [-0.4, -0.2) is 5.11 Å². The molecule has 94 valence electrons. The molecule has 0 aliphatic heterocycles. The standard InChI is InChI=1S/C13H8BrCl2FO/c14-7-4-5-11(17)9(6-7)13(18)8-2-1-3-10(15)12(8)16/h1-6,13,18H. The Labute approximate surface area is 122 Å². The summed E-state index contributed by atoms with van der Waals surface area (Å²) >= 11 is 15.1. The Morgan fingerprint density at radius 1 is 1.11 bits per heavy atom. The quantitative estimate of drug-likeness (QED) is 0.810. The minimum atomic E-state index is -1.16. The largest absolute Gasteiger partial charge is 0.383 e. The fraction of sp³-hybridized carbons (Fsp3) is 0.0769. The number of aliphatic hydroxyl groups excluding tert-OH is 1. The first-order valence-corrected chi connectivity index (χ1v) is 6.62. The average molecular weight is 350 g/mol. The Morgan fingerprint density at radius 2 is 1.83 bits per heavy atom. The van der Waals surface area contributed by atoms with Crippen molar-refractivity contribution in [1.82, 2.24) is 0 Å². The second-order valence-electron chi connectivity index (χ2n) is 3.71. The molecule has 0 heterocycles. The van der Waals surface area contributed by atoms with Crippen molar-refractivity contribution in [2.24, 2.45) is 0 Å². The van der Waals surface area contributed by atoms with Crippen LogP contribution in [0.15, 0.2) is 40.9 Å². The Balaban J connectivity index is 2.51. The van der Waals surface area contributed by atoms with Gasteiger partial charge < -0.3 is 5.11 Å². The lowest BCUT2D eigenvalue weighted by atomic mass is 10.0. The van der Waals surface area contributed by atoms with Crippen LogP contribution in [0.5, 0.6) is 0 Å². The summed E-state index contributed by atoms with van der Waals surface area (Å²) in [6.07, 6.45) is -1.16. The van der Waals surface area contributed by atoms with Gasteiger partial charge in [0.2, 0.25) is 0 Å². The van der Waals surface area contributed by atoms with E-state index in [9.17, 15) is 9.50 Å². The number of rotatable bonds is 2. The summed E-state index contributed by atoms with van der Waals surface area (Å²) in [5.74, 6) is -0.498. The predicted molar refractivity (Wildman–Crippen MR) is 74.6 cm³/mol. The molecule has 2 aromatic rings. The number of hydrogen-bond donors (Lipinski definition) is 1. The van der Waals surface area contributed by atoms with Crippen molar-refractivity contribution < 1.29 is 9.50 Å². The van der Waals surface area contributed by atoms with E-state index in [4.69, 9.17) is 23.2 Å². The van der Waals surface area contributed by atoms with Gasteiger partial charge in [0.05, 0.1) is 10.0 Å². The van der Waals surface area contributed by atoms with E-state index in [-0.39, 0.29) is 10.6 Å². The van der Waals surface area contributed by atoms with Gasteiger partial charge in [0.15, 0.2) is 0 Å². The van der Waals surface area contributed by atoms with Gasteiger partial charge in [-0.2, -0.15) is 0 Å². The third-order valence-corrected chi connectivity index (χ3v) is 3.86. The number of benzene rings is 2. The summed E-state index contributed by atoms with van der Waals surface area (Å²) in [5, 5.41) is 10.7. The first-order valence-electron chi connectivity index (χ1n) is 5.07. The zero-order valence-corrected chi connectivity index (χ0v) is 12.1. The smallest absolute Gasteiger partial charge is 0.129 e. The maximum absolute atomic E-state index is 13.7. The molecule has 1 N–H and O–H groups in total. The molecule has 0 spiro atoms. The predicted octanol–water partition coefficient (Wildman–Crippen LogP) is 4.98. The van der Waals surface area contributed by atoms with E-state index in [0.717, 1.165) is 0 Å². The van der Waals surface area contributed by atoms with Gasteiger partial charge >= 0.3 is 0 Å². The molecule has 2 aromatic carbocycles. The van der Waals surface area contributed by atoms with Crippen molar-refractivity contribution in [2.75, 3.05) is 0 Å². The molecular weight excluding hydrogens is 342 g/mol. The first kappa shape index (κ1) is 13.8. The summed E-state index contributed by atoms with van der Waals surface area (Å²) in [6.45, 7) is 0. The maximum atomic E-state index is 13.7. The summed E-state index contributed by atoms with van der Waals surface area (Å²) in [7, 11) is 0. The Morgan fingerprint density at radius 3 is 2.56 bits per heavy atom. The van der Waals surface area contributed by atoms with E-state index >= 15 is 0 Å². The van der Waals surface area contributed by atoms with Gasteiger partial charge in [-0.25, -0.2) is 4.39 Å². The average Bonchev–Trinajstić information content (AvgIpc) is 2.35. The molecule has 0 aliphatic carbocycles. The highest BCUT2D eigenvalue weighted by Crippen LogP contribution is 2.34. The van der Waals surface area contributed by atoms with Gasteiger partial charge in [-0.1, -0.05) is 51.3 Å². The third-order valence-electron chi connectivity index (χ3n) is 2.53. The number of halogens is 4. The molecule has 2 rings (SSSR count). The molecule has 5 heteroatoms. The van der Waals surface area contributed by atoms with Crippen molar-refractivity contribution in [3.05, 3.63) is 67.9 Å². The van der Waals surface area contributed by atoms with Crippen LogP contribution >= 0.6 is 39.1 Å². The molecule has 0 radical (unpaired) electrons. The van der Waals surface area contributed by atoms with Crippen LogP contribution in [0.4, 0.5) is 4.39 Å². The second kappa shape index (κ2) is 5.57. The van der Waals surface area contributed by atoms with Crippen molar-refractivity contribution in [2.45, 2.75) is 6.10 Å². The van der Waals surface area contributed by atoms with Gasteiger partial charge in [0, 0.05) is 15.6 Å². The summed E-state index contributed by atoms with van der Waals surface area (Å²) in [5.41, 5.74) is 0.523. The lowest BCUT2D eigenvalue weighted by molar-refractivity contribution is 0.215. The summed E-state index contributed by atoms with van der Waals surface area (Å²) in [4.78, 5) is 0. The molecule has 0 bridgehead atoms. The van der Waals surface area contributed by atoms with Gasteiger partial charge in [-0.15, -0.1) is 0 Å². The van der Waals surface area contributed by atoms with Crippen LogP contribution in [0.25, 0.3) is 0 Å². The minimum absolute atomic E-state index is 0.147. The second-order valence-corrected chi connectivity index (χ2v) is 5.41. The highest BCUT2D eigenvalue weighted by molar-refractivity contribution is 9.10. The molecule has 1 unspecified atom stereocenters. The number of hydrogen-bond acceptors (Lipinski definition) is 1. The first-order chi connectivity index (χ1) is 8.50. The van der Waals surface area contributed by atoms with Gasteiger partial charge in [-0.3, -0.25) is 0 Å². The van der Waals surface area contributed by atoms with E-state index in [1.165, 1.54) is 12.1 Å². The van der Waals surface area contributed by atoms with Crippen LogP contribution in [0.1, 0.15) is 17.2 Å². The van der Waals surface area contributed by atoms with Gasteiger partial charge in [0.25, 0.3) is 0 Å². The van der Waals surface area contributed by atoms with Crippen molar-refractivity contribution in [3.8, 4) is 0 Å². The molecule has 18 heavy (non-hydrogen) atoms. The highest BCUT2D eigenvalue weighted by atomic mass is 79.9. The monoisotopic (exact) mass is 348 g/mol. The topological polar surface area (TPSA) is 20.2 Å². The molecule has 1 atom stereocenters. The van der Waals surface area contributed by atoms with Crippen molar-refractivity contribution >= 4 is 39.1 Å². The lowest BCUT2D eigenvalue weighted by Crippen LogP contribution is -2.03. The van der Waals surface area contributed by atoms with E-state index in [2.05, 4.69) is 15.9 Å². The summed E-state index contributed by atoms with van der Waals surface area (Å²) < 4.78 is 14.4. The van der Waals surface area contributed by atoms with Crippen molar-refractivity contribution in [1.29, 1.82) is 0 Å². The maximum Gasteiger partial charge on any atom is 0.129 e. The molecule has 0 fully saturated rings. The molecular formula is C13H8BrCl2FO. The van der Waals surface area contributed by atoms with Crippen LogP contribution in [0.2, 0.25) is 10.0 Å². The van der Waals surface area contributed by atoms with Gasteiger partial charge in [0.1, 0.15) is 11.9 Å². The van der Waals surface area contributed by atoms with Crippen LogP contribution in [0, 0.1) is 5.82 Å². The Kier molecular flexibility index (Phi) is 4.28. The fourth-order valence-electron chi connectivity index (χ4n) is 1.62. The van der Waals surface area contributed by atoms with Crippen LogP contribution < -0.4 is 0 Å². The molecule has 0 saturated carbocycles. The third kappa shape index (κ3) is 2.69. The zero-order chi connectivity index (χ0) is 13.3. The molecule has 1 nitrogen and oxygen atoms in total. The molecule has 0 saturated heterocycles. The number of aliphatic hydroxyl groups is 1. The summed E-state index contributed by atoms with van der Waals surface area (Å²) in [6, 6.07) is 9.22. The van der Waals surface area contributed by atoms with Crippen LogP contribution in [0.3, 0.4) is 0 Å². The molecule has 0 aromatic heterocycles. The highest BCUT2D eigenvalue weighted by Gasteiger charge is 2.19. The van der Waals surface area contributed by atoms with E-state index in [1.807, 2.05) is 0 Å². The van der Waals surface area contributed by atoms with E-state index < -0.39 is 11.9 Å². The fourth-order valence-corrected chi connectivity index (χ4v) is 2.41. The Bertz CT molecular complexity index is 587. The van der Waals surface area contributed by atoms with Crippen molar-refractivity contribution in [3.63, 3.8) is 0 Å². The zero-order valence-electron chi connectivity index (χ0n) is 9.00. The van der Waals surface area contributed by atoms with Crippen LogP contribution in [-0.2, 0) is 0 Å². The molecule has 0 amide bonds. The Hall–Kier alpha value is -0.610. The SMILES string of the molecule is OC(c1cc(Br)ccc1F)c1cccc(Cl)c1Cl. The minimum Gasteiger partial charge on any atom is -0.383 e. The lowest BCUT2D eigenvalue weighted by Gasteiger charge is -2.15. The molecule has 0 aliphatic rings.